The van der Waals surface area contributed by atoms with Gasteiger partial charge < -0.3 is 10.9 Å². The zero-order valence-corrected chi connectivity index (χ0v) is 12.0. The predicted molar refractivity (Wildman–Crippen MR) is 77.2 cm³/mol. The van der Waals surface area contributed by atoms with Gasteiger partial charge >= 0.3 is 0 Å². The zero-order valence-electron chi connectivity index (χ0n) is 12.0. The van der Waals surface area contributed by atoms with Crippen LogP contribution in [0.3, 0.4) is 0 Å². The maximum atomic E-state index is 14.1. The summed E-state index contributed by atoms with van der Waals surface area (Å²) in [5, 5.41) is 11.5. The minimum Gasteiger partial charge on any atom is -0.409 e. The highest BCUT2D eigenvalue weighted by atomic mass is 19.1. The van der Waals surface area contributed by atoms with Gasteiger partial charge in [-0.25, -0.2) is 4.39 Å². The standard InChI is InChI=1S/C15H22FN3O/c1-10(2)19(8-11-3-4-11)9-13-6-5-12(7-14(13)16)15(17)18-20/h5-7,10-11,20H,3-4,8-9H2,1-2H3,(H2,17,18). The van der Waals surface area contributed by atoms with Gasteiger partial charge in [0.25, 0.3) is 0 Å². The number of rotatable bonds is 6. The Kier molecular flexibility index (Phi) is 4.60. The molecule has 0 aromatic heterocycles. The van der Waals surface area contributed by atoms with Crippen molar-refractivity contribution in [3.63, 3.8) is 0 Å². The summed E-state index contributed by atoms with van der Waals surface area (Å²) < 4.78 is 14.1. The average Bonchev–Trinajstić information content (AvgIpc) is 3.22. The monoisotopic (exact) mass is 279 g/mol. The van der Waals surface area contributed by atoms with Crippen LogP contribution >= 0.6 is 0 Å². The van der Waals surface area contributed by atoms with E-state index in [4.69, 9.17) is 10.9 Å². The van der Waals surface area contributed by atoms with Crippen molar-refractivity contribution >= 4 is 5.84 Å². The van der Waals surface area contributed by atoms with Gasteiger partial charge in [0.2, 0.25) is 0 Å². The molecule has 0 spiro atoms. The van der Waals surface area contributed by atoms with Gasteiger partial charge in [-0.15, -0.1) is 0 Å². The Balaban J connectivity index is 2.11. The summed E-state index contributed by atoms with van der Waals surface area (Å²) in [7, 11) is 0. The maximum absolute atomic E-state index is 14.1. The quantitative estimate of drug-likeness (QED) is 0.364. The summed E-state index contributed by atoms with van der Waals surface area (Å²) in [5.74, 6) is 0.390. The van der Waals surface area contributed by atoms with Crippen molar-refractivity contribution in [2.75, 3.05) is 6.54 Å². The van der Waals surface area contributed by atoms with Crippen LogP contribution < -0.4 is 5.73 Å². The lowest BCUT2D eigenvalue weighted by atomic mass is 10.1. The van der Waals surface area contributed by atoms with E-state index < -0.39 is 0 Å². The molecule has 20 heavy (non-hydrogen) atoms. The molecule has 0 saturated heterocycles. The van der Waals surface area contributed by atoms with Crippen molar-refractivity contribution in [1.29, 1.82) is 0 Å². The highest BCUT2D eigenvalue weighted by Crippen LogP contribution is 2.31. The summed E-state index contributed by atoms with van der Waals surface area (Å²) in [6.07, 6.45) is 2.57. The molecule has 0 amide bonds. The van der Waals surface area contributed by atoms with Crippen LogP contribution in [0.5, 0.6) is 0 Å². The lowest BCUT2D eigenvalue weighted by molar-refractivity contribution is 0.201. The minimum atomic E-state index is -0.310. The Hall–Kier alpha value is -1.62. The van der Waals surface area contributed by atoms with E-state index in [1.807, 2.05) is 0 Å². The van der Waals surface area contributed by atoms with Gasteiger partial charge in [-0.2, -0.15) is 0 Å². The van der Waals surface area contributed by atoms with E-state index in [-0.39, 0.29) is 11.7 Å². The van der Waals surface area contributed by atoms with Crippen molar-refractivity contribution in [2.24, 2.45) is 16.8 Å². The molecule has 110 valence electrons. The first-order chi connectivity index (χ1) is 9.51. The second-order valence-corrected chi connectivity index (χ2v) is 5.76. The number of hydrogen-bond acceptors (Lipinski definition) is 3. The molecule has 1 aromatic carbocycles. The Morgan fingerprint density at radius 1 is 1.50 bits per heavy atom. The predicted octanol–water partition coefficient (Wildman–Crippen LogP) is 2.54. The fraction of sp³-hybridized carbons (Fsp3) is 0.533. The topological polar surface area (TPSA) is 61.8 Å². The Morgan fingerprint density at radius 3 is 2.70 bits per heavy atom. The van der Waals surface area contributed by atoms with E-state index in [0.29, 0.717) is 23.7 Å². The van der Waals surface area contributed by atoms with Gasteiger partial charge in [-0.1, -0.05) is 17.3 Å². The number of nitrogens with two attached hydrogens (primary N) is 1. The first kappa shape index (κ1) is 14.8. The van der Waals surface area contributed by atoms with E-state index in [9.17, 15) is 4.39 Å². The van der Waals surface area contributed by atoms with Crippen molar-refractivity contribution in [1.82, 2.24) is 4.90 Å². The van der Waals surface area contributed by atoms with Crippen LogP contribution in [0.4, 0.5) is 4.39 Å². The normalized spacial score (nSPS) is 16.1. The molecule has 0 atom stereocenters. The second kappa shape index (κ2) is 6.22. The lowest BCUT2D eigenvalue weighted by Gasteiger charge is -2.26. The molecule has 0 heterocycles. The Bertz CT molecular complexity index is 498. The number of halogens is 1. The summed E-state index contributed by atoms with van der Waals surface area (Å²) in [4.78, 5) is 2.29. The van der Waals surface area contributed by atoms with Crippen LogP contribution in [0.25, 0.3) is 0 Å². The molecule has 4 nitrogen and oxygen atoms in total. The molecule has 0 radical (unpaired) electrons. The molecule has 0 bridgehead atoms. The Labute approximate surface area is 119 Å². The maximum Gasteiger partial charge on any atom is 0.170 e. The van der Waals surface area contributed by atoms with Crippen LogP contribution in [-0.4, -0.2) is 28.5 Å². The van der Waals surface area contributed by atoms with E-state index in [0.717, 1.165) is 12.5 Å². The summed E-state index contributed by atoms with van der Waals surface area (Å²) in [6, 6.07) is 5.10. The van der Waals surface area contributed by atoms with Gasteiger partial charge in [-0.05, 0) is 38.7 Å². The van der Waals surface area contributed by atoms with Crippen molar-refractivity contribution in [2.45, 2.75) is 39.3 Å². The molecular formula is C15H22FN3O. The molecule has 1 aromatic rings. The average molecular weight is 279 g/mol. The smallest absolute Gasteiger partial charge is 0.170 e. The van der Waals surface area contributed by atoms with Crippen LogP contribution in [0, 0.1) is 11.7 Å². The highest BCUT2D eigenvalue weighted by Gasteiger charge is 2.25. The van der Waals surface area contributed by atoms with Gasteiger partial charge in [0.05, 0.1) is 0 Å². The van der Waals surface area contributed by atoms with Gasteiger partial charge in [0.1, 0.15) is 5.82 Å². The highest BCUT2D eigenvalue weighted by molar-refractivity contribution is 5.97. The van der Waals surface area contributed by atoms with Crippen molar-refractivity contribution < 1.29 is 9.60 Å². The van der Waals surface area contributed by atoms with Crippen LogP contribution in [0.1, 0.15) is 37.8 Å². The first-order valence-electron chi connectivity index (χ1n) is 7.01. The van der Waals surface area contributed by atoms with E-state index >= 15 is 0 Å². The molecular weight excluding hydrogens is 257 g/mol. The Morgan fingerprint density at radius 2 is 2.20 bits per heavy atom. The third-order valence-corrected chi connectivity index (χ3v) is 3.75. The van der Waals surface area contributed by atoms with E-state index in [2.05, 4.69) is 23.9 Å². The lowest BCUT2D eigenvalue weighted by Crippen LogP contribution is -2.32. The molecule has 0 unspecified atom stereocenters. The molecule has 1 aliphatic carbocycles. The van der Waals surface area contributed by atoms with Crippen molar-refractivity contribution in [3.05, 3.63) is 35.1 Å². The number of hydrogen-bond donors (Lipinski definition) is 2. The van der Waals surface area contributed by atoms with Crippen LogP contribution in [0.2, 0.25) is 0 Å². The zero-order chi connectivity index (χ0) is 14.7. The molecule has 0 aliphatic heterocycles. The van der Waals surface area contributed by atoms with Gasteiger partial charge in [-0.3, -0.25) is 4.90 Å². The van der Waals surface area contributed by atoms with Gasteiger partial charge in [0, 0.05) is 30.3 Å². The molecule has 3 N–H and O–H groups in total. The fourth-order valence-electron chi connectivity index (χ4n) is 2.20. The largest absolute Gasteiger partial charge is 0.409 e. The SMILES string of the molecule is CC(C)N(Cc1ccc(C(N)=NO)cc1F)CC1CC1. The van der Waals surface area contributed by atoms with Crippen molar-refractivity contribution in [3.8, 4) is 0 Å². The fourth-order valence-corrected chi connectivity index (χ4v) is 2.20. The third kappa shape index (κ3) is 3.70. The van der Waals surface area contributed by atoms with Gasteiger partial charge in [0.15, 0.2) is 5.84 Å². The summed E-state index contributed by atoms with van der Waals surface area (Å²) >= 11 is 0. The van der Waals surface area contributed by atoms with E-state index in [1.165, 1.54) is 18.9 Å². The number of nitrogens with zero attached hydrogens (tertiary/aromatic N) is 2. The van der Waals surface area contributed by atoms with E-state index in [1.54, 1.807) is 12.1 Å². The first-order valence-corrected chi connectivity index (χ1v) is 7.01. The molecule has 2 rings (SSSR count). The minimum absolute atomic E-state index is 0.0749. The molecule has 5 heteroatoms. The molecule has 1 aliphatic rings. The summed E-state index contributed by atoms with van der Waals surface area (Å²) in [6.45, 7) is 5.88. The number of oxime groups is 1. The molecule has 1 saturated carbocycles. The summed E-state index contributed by atoms with van der Waals surface area (Å²) in [5.41, 5.74) is 6.50. The van der Waals surface area contributed by atoms with Crippen LogP contribution in [-0.2, 0) is 6.54 Å². The second-order valence-electron chi connectivity index (χ2n) is 5.76. The third-order valence-electron chi connectivity index (χ3n) is 3.75. The number of benzene rings is 1. The van der Waals surface area contributed by atoms with Crippen LogP contribution in [0.15, 0.2) is 23.4 Å². The number of amidine groups is 1. The molecule has 1 fully saturated rings.